The van der Waals surface area contributed by atoms with Crippen molar-refractivity contribution in [2.75, 3.05) is 25.8 Å². The molecule has 0 radical (unpaired) electrons. The van der Waals surface area contributed by atoms with Crippen LogP contribution in [0.1, 0.15) is 13.8 Å². The van der Waals surface area contributed by atoms with Crippen molar-refractivity contribution in [1.82, 2.24) is 0 Å². The Labute approximate surface area is 109 Å². The molecule has 0 bridgehead atoms. The first-order valence-corrected chi connectivity index (χ1v) is 7.95. The Morgan fingerprint density at radius 1 is 1.12 bits per heavy atom. The molecule has 0 saturated carbocycles. The quantitative estimate of drug-likeness (QED) is 0.526. The van der Waals surface area contributed by atoms with Gasteiger partial charge < -0.3 is 13.8 Å². The lowest BCUT2D eigenvalue weighted by molar-refractivity contribution is 0.273. The third kappa shape index (κ3) is 5.26. The fourth-order valence-corrected chi connectivity index (χ4v) is 3.95. The highest BCUT2D eigenvalue weighted by Crippen LogP contribution is 2.45. The van der Waals surface area contributed by atoms with E-state index in [0.717, 1.165) is 16.1 Å². The molecule has 0 unspecified atom stereocenters. The van der Waals surface area contributed by atoms with Gasteiger partial charge in [-0.1, -0.05) is 12.1 Å². The van der Waals surface area contributed by atoms with Crippen molar-refractivity contribution in [3.63, 3.8) is 0 Å². The number of rotatable bonds is 8. The molecule has 0 aliphatic heterocycles. The minimum Gasteiger partial charge on any atom is -0.496 e. The smallest absolute Gasteiger partial charge is 0.181 e. The predicted octanol–water partition coefficient (Wildman–Crippen LogP) is 4.13. The van der Waals surface area contributed by atoms with Crippen molar-refractivity contribution < 1.29 is 13.8 Å². The average Bonchev–Trinajstić information content (AvgIpc) is 2.37. The number of benzene rings is 1. The maximum atomic E-state index is 5.56. The first kappa shape index (κ1) is 14.8. The molecule has 17 heavy (non-hydrogen) atoms. The highest BCUT2D eigenvalue weighted by molar-refractivity contribution is 8.04. The first-order valence-electron chi connectivity index (χ1n) is 5.61. The second-order valence-electron chi connectivity index (χ2n) is 3.09. The number of thioether (sulfide) groups is 1. The van der Waals surface area contributed by atoms with Gasteiger partial charge in [-0.05, 0) is 26.0 Å². The van der Waals surface area contributed by atoms with E-state index in [2.05, 4.69) is 6.07 Å². The van der Waals surface area contributed by atoms with Gasteiger partial charge in [0.1, 0.15) is 5.75 Å². The van der Waals surface area contributed by atoms with Crippen LogP contribution >= 0.6 is 20.1 Å². The van der Waals surface area contributed by atoms with E-state index >= 15 is 0 Å². The van der Waals surface area contributed by atoms with Gasteiger partial charge in [0.05, 0.1) is 25.8 Å². The van der Waals surface area contributed by atoms with E-state index in [1.807, 2.05) is 32.0 Å². The van der Waals surface area contributed by atoms with Crippen LogP contribution in [0.4, 0.5) is 0 Å². The molecule has 96 valence electrons. The summed E-state index contributed by atoms with van der Waals surface area (Å²) in [7, 11) is 0.893. The topological polar surface area (TPSA) is 27.7 Å². The molecule has 1 aromatic rings. The normalized spacial score (nSPS) is 10.8. The van der Waals surface area contributed by atoms with E-state index in [-0.39, 0.29) is 0 Å². The number of hydrogen-bond acceptors (Lipinski definition) is 4. The van der Waals surface area contributed by atoms with Crippen LogP contribution in [-0.2, 0) is 9.05 Å². The van der Waals surface area contributed by atoms with E-state index in [1.165, 1.54) is 0 Å². The van der Waals surface area contributed by atoms with Crippen LogP contribution in [0.25, 0.3) is 0 Å². The second-order valence-corrected chi connectivity index (χ2v) is 6.04. The molecule has 1 aromatic carbocycles. The molecule has 0 atom stereocenters. The van der Waals surface area contributed by atoms with E-state index in [1.54, 1.807) is 18.9 Å². The van der Waals surface area contributed by atoms with E-state index < -0.39 is 8.38 Å². The predicted molar refractivity (Wildman–Crippen MR) is 73.9 cm³/mol. The van der Waals surface area contributed by atoms with Gasteiger partial charge in [0.25, 0.3) is 0 Å². The summed E-state index contributed by atoms with van der Waals surface area (Å²) in [6.45, 7) is 5.36. The molecular weight excluding hydrogens is 255 g/mol. The van der Waals surface area contributed by atoms with Crippen LogP contribution in [0.3, 0.4) is 0 Å². The van der Waals surface area contributed by atoms with Gasteiger partial charge in [-0.25, -0.2) is 0 Å². The summed E-state index contributed by atoms with van der Waals surface area (Å²) in [5.41, 5.74) is 0.831. The Bertz CT molecular complexity index is 316. The lowest BCUT2D eigenvalue weighted by Gasteiger charge is -2.15. The zero-order valence-electron chi connectivity index (χ0n) is 10.5. The van der Waals surface area contributed by atoms with Crippen molar-refractivity contribution >= 4 is 20.1 Å². The number of para-hydroxylation sites is 1. The maximum Gasteiger partial charge on any atom is 0.181 e. The molecule has 0 spiro atoms. The molecule has 0 N–H and O–H groups in total. The molecular formula is C12H19O3PS. The van der Waals surface area contributed by atoms with Crippen LogP contribution < -0.4 is 4.74 Å². The maximum absolute atomic E-state index is 5.56. The summed E-state index contributed by atoms with van der Waals surface area (Å²) in [5.74, 6) is 0.903. The Balaban J connectivity index is 2.52. The zero-order chi connectivity index (χ0) is 12.5. The minimum atomic E-state index is -0.795. The summed E-state index contributed by atoms with van der Waals surface area (Å²) in [5, 5.41) is 0. The molecule has 0 saturated heterocycles. The lowest BCUT2D eigenvalue weighted by Crippen LogP contribution is -1.93. The van der Waals surface area contributed by atoms with Crippen LogP contribution in [0.2, 0.25) is 0 Å². The molecule has 1 rings (SSSR count). The van der Waals surface area contributed by atoms with Crippen molar-refractivity contribution in [3.8, 4) is 5.75 Å². The fraction of sp³-hybridized carbons (Fsp3) is 0.500. The monoisotopic (exact) mass is 274 g/mol. The first-order chi connectivity index (χ1) is 8.31. The summed E-state index contributed by atoms with van der Waals surface area (Å²) in [4.78, 5) is 1.13. The molecule has 0 amide bonds. The third-order valence-electron chi connectivity index (χ3n) is 1.94. The van der Waals surface area contributed by atoms with Crippen molar-refractivity contribution in [3.05, 3.63) is 24.3 Å². The molecule has 0 aromatic heterocycles. The minimum absolute atomic E-state index is 0.693. The summed E-state index contributed by atoms with van der Waals surface area (Å²) in [6, 6.07) is 7.99. The Morgan fingerprint density at radius 3 is 2.35 bits per heavy atom. The second kappa shape index (κ2) is 8.76. The average molecular weight is 274 g/mol. The Hall–Kier alpha value is -0.280. The van der Waals surface area contributed by atoms with Crippen molar-refractivity contribution in [2.45, 2.75) is 18.7 Å². The zero-order valence-corrected chi connectivity index (χ0v) is 12.2. The SMILES string of the molecule is CCOP(CSc1ccccc1OC)OCC. The fourth-order valence-electron chi connectivity index (χ4n) is 1.26. The molecule has 3 nitrogen and oxygen atoms in total. The van der Waals surface area contributed by atoms with Crippen molar-refractivity contribution in [2.24, 2.45) is 0 Å². The standard InChI is InChI=1S/C12H19O3PS/c1-4-14-16(15-5-2)10-17-12-9-7-6-8-11(12)13-3/h6-9H,4-5,10H2,1-3H3. The van der Waals surface area contributed by atoms with Crippen molar-refractivity contribution in [1.29, 1.82) is 0 Å². The van der Waals surface area contributed by atoms with E-state index in [9.17, 15) is 0 Å². The Morgan fingerprint density at radius 2 is 1.76 bits per heavy atom. The third-order valence-corrected chi connectivity index (χ3v) is 5.04. The highest BCUT2D eigenvalue weighted by atomic mass is 32.2. The number of methoxy groups -OCH3 is 1. The highest BCUT2D eigenvalue weighted by Gasteiger charge is 2.11. The number of hydrogen-bond donors (Lipinski definition) is 0. The lowest BCUT2D eigenvalue weighted by atomic mass is 10.3. The van der Waals surface area contributed by atoms with Crippen LogP contribution in [0, 0.1) is 0 Å². The van der Waals surface area contributed by atoms with Crippen LogP contribution in [0.5, 0.6) is 5.75 Å². The largest absolute Gasteiger partial charge is 0.496 e. The van der Waals surface area contributed by atoms with Gasteiger partial charge >= 0.3 is 0 Å². The molecule has 0 fully saturated rings. The van der Waals surface area contributed by atoms with Crippen LogP contribution in [0.15, 0.2) is 29.2 Å². The van der Waals surface area contributed by atoms with Gasteiger partial charge in [-0.3, -0.25) is 0 Å². The Kier molecular flexibility index (Phi) is 7.62. The van der Waals surface area contributed by atoms with Gasteiger partial charge in [0, 0.05) is 4.90 Å². The summed E-state index contributed by atoms with van der Waals surface area (Å²) < 4.78 is 16.4. The van der Waals surface area contributed by atoms with Gasteiger partial charge in [0.2, 0.25) is 0 Å². The molecule has 5 heteroatoms. The molecule has 0 heterocycles. The van der Waals surface area contributed by atoms with Gasteiger partial charge in [-0.15, -0.1) is 11.8 Å². The summed E-state index contributed by atoms with van der Waals surface area (Å²) >= 11 is 1.71. The van der Waals surface area contributed by atoms with Crippen LogP contribution in [-0.4, -0.2) is 25.8 Å². The van der Waals surface area contributed by atoms with Gasteiger partial charge in [-0.2, -0.15) is 0 Å². The summed E-state index contributed by atoms with van der Waals surface area (Å²) in [6.07, 6.45) is 0. The van der Waals surface area contributed by atoms with E-state index in [0.29, 0.717) is 13.2 Å². The number of ether oxygens (including phenoxy) is 1. The van der Waals surface area contributed by atoms with Gasteiger partial charge in [0.15, 0.2) is 8.38 Å². The molecule has 0 aliphatic rings. The molecule has 0 aliphatic carbocycles. The van der Waals surface area contributed by atoms with E-state index in [4.69, 9.17) is 13.8 Å².